The highest BCUT2D eigenvalue weighted by molar-refractivity contribution is 5.96. The van der Waals surface area contributed by atoms with Crippen LogP contribution in [0.25, 0.3) is 33.3 Å². The van der Waals surface area contributed by atoms with Gasteiger partial charge in [-0.2, -0.15) is 0 Å². The van der Waals surface area contributed by atoms with E-state index < -0.39 is 47.2 Å². The quantitative estimate of drug-likeness (QED) is 0.136. The Morgan fingerprint density at radius 1 is 1.04 bits per heavy atom. The molecule has 17 nitrogen and oxygen atoms in total. The van der Waals surface area contributed by atoms with Crippen molar-refractivity contribution in [3.8, 4) is 28.1 Å². The third-order valence-corrected chi connectivity index (χ3v) is 13.3. The predicted molar refractivity (Wildman–Crippen MR) is 250 cm³/mol. The standard InChI is InChI=1S/C50H64N8O9/c1-8-56-41-14-13-32-23-36(41)37(45(56)35-11-9-16-51-43(35)30(4)65-7)24-50(5,6)26-67-49(64)38-12-10-17-58(54-38)48(63)39(21-31-19-33(32)22-34(59)20-31)53-46(61)44(29(2)3)57-28-66-27-55(18-15-42(57)60)47(62)40-25-52-40/h9,11,13-14,16,19-20,22-23,29-30,38-40,44,52,54,59H,8,10,12,15,17-18,21,24-28H2,1-7H3,(H,53,61)/t30-,38-,39-,40+,44?/m0/s1. The van der Waals surface area contributed by atoms with Crippen LogP contribution in [0.4, 0.5) is 0 Å². The van der Waals surface area contributed by atoms with Gasteiger partial charge in [-0.25, -0.2) is 5.43 Å². The van der Waals surface area contributed by atoms with Crippen molar-refractivity contribution in [3.63, 3.8) is 0 Å². The van der Waals surface area contributed by atoms with Gasteiger partial charge in [0.05, 0.1) is 30.1 Å². The molecular weight excluding hydrogens is 857 g/mol. The highest BCUT2D eigenvalue weighted by Gasteiger charge is 2.40. The van der Waals surface area contributed by atoms with E-state index in [9.17, 15) is 29.1 Å². The topological polar surface area (TPSA) is 207 Å². The summed E-state index contributed by atoms with van der Waals surface area (Å²) in [6.07, 6.45) is 2.92. The van der Waals surface area contributed by atoms with Crippen molar-refractivity contribution in [1.29, 1.82) is 0 Å². The number of ether oxygens (including phenoxy) is 3. The minimum atomic E-state index is -1.19. The first kappa shape index (κ1) is 47.6. The first-order valence-electron chi connectivity index (χ1n) is 23.5. The Labute approximate surface area is 391 Å². The van der Waals surface area contributed by atoms with Gasteiger partial charge in [-0.15, -0.1) is 0 Å². The van der Waals surface area contributed by atoms with Gasteiger partial charge in [0, 0.05) is 74.2 Å². The number of nitrogens with zero attached hydrogens (tertiary/aromatic N) is 5. The fourth-order valence-corrected chi connectivity index (χ4v) is 9.75. The second-order valence-electron chi connectivity index (χ2n) is 19.4. The zero-order valence-corrected chi connectivity index (χ0v) is 39.6. The Morgan fingerprint density at radius 3 is 2.57 bits per heavy atom. The number of hydrogen-bond acceptors (Lipinski definition) is 12. The van der Waals surface area contributed by atoms with Crippen molar-refractivity contribution in [3.05, 3.63) is 71.5 Å². The first-order chi connectivity index (χ1) is 32.1. The number of carbonyl (C=O) groups is 5. The van der Waals surface area contributed by atoms with E-state index in [1.807, 2.05) is 39.0 Å². The molecule has 6 bridgehead atoms. The van der Waals surface area contributed by atoms with Crippen LogP contribution in [0, 0.1) is 11.3 Å². The van der Waals surface area contributed by atoms with Crippen LogP contribution < -0.4 is 16.1 Å². The number of pyridine rings is 1. The lowest BCUT2D eigenvalue weighted by atomic mass is 9.84. The number of nitrogens with one attached hydrogen (secondary N) is 3. The summed E-state index contributed by atoms with van der Waals surface area (Å²) in [5, 5.41) is 19.7. The molecule has 4 N–H and O–H groups in total. The number of esters is 1. The van der Waals surface area contributed by atoms with E-state index in [1.54, 1.807) is 25.4 Å². The van der Waals surface area contributed by atoms with E-state index in [-0.39, 0.29) is 75.7 Å². The molecule has 0 radical (unpaired) electrons. The number of methoxy groups -OCH3 is 1. The number of hydrazine groups is 1. The predicted octanol–water partition coefficient (Wildman–Crippen LogP) is 4.44. The molecule has 4 aromatic rings. The summed E-state index contributed by atoms with van der Waals surface area (Å²) in [5.41, 5.74) is 9.48. The number of hydrogen-bond donors (Lipinski definition) is 4. The van der Waals surface area contributed by atoms with Gasteiger partial charge in [-0.3, -0.25) is 34.0 Å². The van der Waals surface area contributed by atoms with Crippen molar-refractivity contribution >= 4 is 40.5 Å². The van der Waals surface area contributed by atoms with Crippen LogP contribution in [0.3, 0.4) is 0 Å². The van der Waals surface area contributed by atoms with Crippen molar-refractivity contribution in [1.82, 2.24) is 40.4 Å². The van der Waals surface area contributed by atoms with E-state index in [1.165, 1.54) is 14.8 Å². The zero-order valence-electron chi connectivity index (χ0n) is 39.6. The highest BCUT2D eigenvalue weighted by Crippen LogP contribution is 2.42. The molecule has 4 aliphatic heterocycles. The van der Waals surface area contributed by atoms with Gasteiger partial charge in [-0.1, -0.05) is 39.8 Å². The molecule has 358 valence electrons. The number of phenols is 1. The molecule has 3 fully saturated rings. The zero-order chi connectivity index (χ0) is 47.7. The van der Waals surface area contributed by atoms with Gasteiger partial charge < -0.3 is 44.3 Å². The van der Waals surface area contributed by atoms with Crippen LogP contribution in [-0.4, -0.2) is 130 Å². The molecular formula is C50H64N8O9. The number of cyclic esters (lactones) is 1. The molecule has 0 aliphatic carbocycles. The van der Waals surface area contributed by atoms with Crippen molar-refractivity contribution in [2.45, 2.75) is 110 Å². The van der Waals surface area contributed by atoms with Gasteiger partial charge in [0.2, 0.25) is 17.7 Å². The number of aromatic hydroxyl groups is 1. The van der Waals surface area contributed by atoms with Crippen LogP contribution in [0.15, 0.2) is 54.7 Å². The third-order valence-electron chi connectivity index (χ3n) is 13.3. The molecule has 67 heavy (non-hydrogen) atoms. The van der Waals surface area contributed by atoms with Crippen molar-refractivity contribution in [2.24, 2.45) is 11.3 Å². The maximum Gasteiger partial charge on any atom is 0.324 e. The second-order valence-corrected chi connectivity index (χ2v) is 19.4. The molecule has 17 heteroatoms. The molecule has 8 rings (SSSR count). The average molecular weight is 921 g/mol. The third kappa shape index (κ3) is 10.2. The molecule has 1 unspecified atom stereocenters. The Bertz CT molecular complexity index is 2540. The lowest BCUT2D eigenvalue weighted by molar-refractivity contribution is -0.160. The summed E-state index contributed by atoms with van der Waals surface area (Å²) in [7, 11) is 1.67. The number of amides is 4. The smallest absolute Gasteiger partial charge is 0.324 e. The van der Waals surface area contributed by atoms with Gasteiger partial charge in [-0.05, 0) is 97.7 Å². The van der Waals surface area contributed by atoms with E-state index in [0.717, 1.165) is 39.0 Å². The number of aromatic nitrogens is 2. The van der Waals surface area contributed by atoms with Gasteiger partial charge in [0.15, 0.2) is 0 Å². The van der Waals surface area contributed by atoms with E-state index in [2.05, 4.69) is 59.6 Å². The minimum absolute atomic E-state index is 0.00555. The Morgan fingerprint density at radius 2 is 1.84 bits per heavy atom. The van der Waals surface area contributed by atoms with Crippen molar-refractivity contribution < 1.29 is 43.3 Å². The fraction of sp³-hybridized carbons (Fsp3) is 0.520. The Balaban J connectivity index is 1.19. The lowest BCUT2D eigenvalue weighted by Crippen LogP contribution is -2.62. The van der Waals surface area contributed by atoms with E-state index in [4.69, 9.17) is 19.2 Å². The molecule has 6 heterocycles. The largest absolute Gasteiger partial charge is 0.508 e. The number of benzene rings is 2. The minimum Gasteiger partial charge on any atom is -0.508 e. The van der Waals surface area contributed by atoms with Crippen LogP contribution in [0.2, 0.25) is 0 Å². The first-order valence-corrected chi connectivity index (χ1v) is 23.5. The number of carbonyl (C=O) groups excluding carboxylic acids is 5. The van der Waals surface area contributed by atoms with Gasteiger partial charge >= 0.3 is 5.97 Å². The average Bonchev–Trinajstić information content (AvgIpc) is 4.12. The molecule has 2 aromatic heterocycles. The van der Waals surface area contributed by atoms with Crippen LogP contribution in [-0.2, 0) is 57.6 Å². The van der Waals surface area contributed by atoms with Crippen LogP contribution >= 0.6 is 0 Å². The van der Waals surface area contributed by atoms with Crippen LogP contribution in [0.1, 0.15) is 83.7 Å². The number of fused-ring (bicyclic) bond motifs is 6. The fourth-order valence-electron chi connectivity index (χ4n) is 9.75. The Kier molecular flexibility index (Phi) is 14.0. The Hall–Kier alpha value is -5.88. The SMILES string of the molecule is CCn1c(-c2cccnc2[C@H](C)OC)c2c3cc(ccc31)-c1cc(O)cc(c1)C[C@H](NC(=O)C(C(C)C)N1COCN(C(=O)[C@H]3CN3)CCC1=O)C(=O)N1CCC[C@H](N1)C(=O)OCC(C)(C)C2. The molecule has 4 aliphatic rings. The number of aryl methyl sites for hydroxylation is 1. The second kappa shape index (κ2) is 19.8. The number of rotatable bonds is 9. The van der Waals surface area contributed by atoms with Gasteiger partial charge in [0.1, 0.15) is 37.3 Å². The summed E-state index contributed by atoms with van der Waals surface area (Å²) in [6.45, 7) is 13.3. The monoisotopic (exact) mass is 920 g/mol. The lowest BCUT2D eigenvalue weighted by Gasteiger charge is -2.38. The maximum absolute atomic E-state index is 14.7. The van der Waals surface area contributed by atoms with Crippen molar-refractivity contribution in [2.75, 3.05) is 46.8 Å². The normalized spacial score (nSPS) is 22.4. The molecule has 3 saturated heterocycles. The van der Waals surface area contributed by atoms with E-state index in [0.29, 0.717) is 43.5 Å². The summed E-state index contributed by atoms with van der Waals surface area (Å²) in [6, 6.07) is 12.1. The van der Waals surface area contributed by atoms with Crippen LogP contribution in [0.5, 0.6) is 5.75 Å². The summed E-state index contributed by atoms with van der Waals surface area (Å²) >= 11 is 0. The summed E-state index contributed by atoms with van der Waals surface area (Å²) < 4.78 is 20.1. The maximum atomic E-state index is 14.7. The molecule has 4 amide bonds. The van der Waals surface area contributed by atoms with E-state index >= 15 is 0 Å². The molecule has 5 atom stereocenters. The number of phenolic OH excluding ortho intramolecular Hbond substituents is 1. The molecule has 2 aromatic carbocycles. The molecule has 0 spiro atoms. The summed E-state index contributed by atoms with van der Waals surface area (Å²) in [4.78, 5) is 77.5. The summed E-state index contributed by atoms with van der Waals surface area (Å²) in [5.74, 6) is -2.45. The highest BCUT2D eigenvalue weighted by atomic mass is 16.5. The molecule has 0 saturated carbocycles. The van der Waals surface area contributed by atoms with Gasteiger partial charge in [0.25, 0.3) is 5.91 Å².